The van der Waals surface area contributed by atoms with Gasteiger partial charge in [0.05, 0.1) is 35.7 Å². The van der Waals surface area contributed by atoms with E-state index >= 15 is 4.39 Å². The molecule has 2 aromatic heterocycles. The van der Waals surface area contributed by atoms with Gasteiger partial charge >= 0.3 is 6.01 Å². The summed E-state index contributed by atoms with van der Waals surface area (Å²) in [6.45, 7) is 4.62. The lowest BCUT2D eigenvalue weighted by Gasteiger charge is -2.49. The first kappa shape index (κ1) is 28.3. The maximum Gasteiger partial charge on any atom is 0.319 e. The van der Waals surface area contributed by atoms with Gasteiger partial charge < -0.3 is 19.5 Å². The van der Waals surface area contributed by atoms with E-state index < -0.39 is 23.3 Å². The van der Waals surface area contributed by atoms with Gasteiger partial charge in [-0.2, -0.15) is 9.97 Å². The molecule has 0 saturated carbocycles. The third kappa shape index (κ3) is 4.41. The molecule has 2 bridgehead atoms. The molecule has 0 aliphatic carbocycles. The van der Waals surface area contributed by atoms with Gasteiger partial charge in [-0.1, -0.05) is 18.9 Å². The van der Waals surface area contributed by atoms with Gasteiger partial charge in [-0.25, -0.2) is 13.2 Å². The van der Waals surface area contributed by atoms with Crippen molar-refractivity contribution in [3.63, 3.8) is 0 Å². The number of rotatable bonds is 5. The summed E-state index contributed by atoms with van der Waals surface area (Å²) in [5.41, 5.74) is -0.528. The number of benzene rings is 2. The number of terminal acetylenes is 1. The lowest BCUT2D eigenvalue weighted by atomic mass is 9.85. The van der Waals surface area contributed by atoms with Crippen LogP contribution in [0, 0.1) is 29.9 Å². The molecule has 0 amide bonds. The average molecular weight is 616 g/mol. The molecule has 0 unspecified atom stereocenters. The van der Waals surface area contributed by atoms with Crippen molar-refractivity contribution in [1.82, 2.24) is 19.9 Å². The molecule has 45 heavy (non-hydrogen) atoms. The summed E-state index contributed by atoms with van der Waals surface area (Å²) < 4.78 is 58.2. The van der Waals surface area contributed by atoms with Crippen molar-refractivity contribution in [1.29, 1.82) is 0 Å². The van der Waals surface area contributed by atoms with Gasteiger partial charge in [0.15, 0.2) is 5.82 Å². The smallest absolute Gasteiger partial charge is 0.319 e. The Balaban J connectivity index is 1.29. The van der Waals surface area contributed by atoms with Crippen molar-refractivity contribution in [3.8, 4) is 35.4 Å². The summed E-state index contributed by atoms with van der Waals surface area (Å²) in [6.07, 6.45) is 9.32. The highest BCUT2D eigenvalue weighted by Crippen LogP contribution is 2.44. The molecule has 232 valence electrons. The van der Waals surface area contributed by atoms with E-state index in [0.29, 0.717) is 42.8 Å². The van der Waals surface area contributed by atoms with Crippen molar-refractivity contribution < 1.29 is 27.8 Å². The molecular formula is C34H32F3N5O3. The van der Waals surface area contributed by atoms with E-state index in [-0.39, 0.29) is 64.1 Å². The van der Waals surface area contributed by atoms with Crippen molar-refractivity contribution in [3.05, 3.63) is 47.7 Å². The summed E-state index contributed by atoms with van der Waals surface area (Å²) in [6, 6.07) is 5.63. The number of aromatic nitrogens is 3. The molecule has 8 nitrogen and oxygen atoms in total. The summed E-state index contributed by atoms with van der Waals surface area (Å²) in [7, 11) is 0. The van der Waals surface area contributed by atoms with Crippen LogP contribution >= 0.6 is 0 Å². The minimum absolute atomic E-state index is 0.00886. The zero-order valence-corrected chi connectivity index (χ0v) is 24.8. The first-order valence-electron chi connectivity index (χ1n) is 15.4. The second-order valence-corrected chi connectivity index (χ2v) is 12.9. The van der Waals surface area contributed by atoms with Crippen LogP contribution in [0.25, 0.3) is 32.9 Å². The van der Waals surface area contributed by atoms with Gasteiger partial charge in [-0.3, -0.25) is 9.88 Å². The minimum Gasteiger partial charge on any atom is -0.508 e. The van der Waals surface area contributed by atoms with Gasteiger partial charge in [-0.15, -0.1) is 6.42 Å². The molecule has 4 saturated heterocycles. The lowest BCUT2D eigenvalue weighted by molar-refractivity contribution is 0.107. The highest BCUT2D eigenvalue weighted by atomic mass is 19.1. The van der Waals surface area contributed by atoms with Crippen molar-refractivity contribution in [2.75, 3.05) is 37.8 Å². The largest absolute Gasteiger partial charge is 0.508 e. The number of alkyl halides is 1. The number of pyridine rings is 1. The molecule has 2 aromatic carbocycles. The van der Waals surface area contributed by atoms with E-state index in [2.05, 4.69) is 32.6 Å². The van der Waals surface area contributed by atoms with Crippen molar-refractivity contribution >= 4 is 27.5 Å². The highest BCUT2D eigenvalue weighted by molar-refractivity contribution is 6.03. The van der Waals surface area contributed by atoms with Crippen LogP contribution in [0.5, 0.6) is 11.8 Å². The van der Waals surface area contributed by atoms with Crippen LogP contribution in [0.2, 0.25) is 0 Å². The van der Waals surface area contributed by atoms with Crippen LogP contribution in [0.15, 0.2) is 30.5 Å². The summed E-state index contributed by atoms with van der Waals surface area (Å²) in [5.74, 6) is 1.52. The van der Waals surface area contributed by atoms with Gasteiger partial charge in [-0.05, 0) is 55.3 Å². The molecule has 0 spiro atoms. The van der Waals surface area contributed by atoms with Gasteiger partial charge in [0.2, 0.25) is 0 Å². The predicted octanol–water partition coefficient (Wildman–Crippen LogP) is 5.38. The zero-order chi connectivity index (χ0) is 31.0. The fourth-order valence-electron chi connectivity index (χ4n) is 8.00. The second kappa shape index (κ2) is 10.5. The molecule has 8 rings (SSSR count). The molecule has 6 heterocycles. The number of hydrogen-bond donors (Lipinski definition) is 1. The van der Waals surface area contributed by atoms with Gasteiger partial charge in [0.25, 0.3) is 0 Å². The Labute approximate surface area is 258 Å². The Morgan fingerprint density at radius 2 is 2.09 bits per heavy atom. The number of anilines is 1. The van der Waals surface area contributed by atoms with E-state index in [1.807, 2.05) is 0 Å². The quantitative estimate of drug-likeness (QED) is 0.300. The van der Waals surface area contributed by atoms with Crippen LogP contribution in [0.1, 0.15) is 38.2 Å². The molecular weight excluding hydrogens is 583 g/mol. The molecule has 0 radical (unpaired) electrons. The van der Waals surface area contributed by atoms with Crippen LogP contribution in [0.4, 0.5) is 19.0 Å². The van der Waals surface area contributed by atoms with Crippen LogP contribution in [-0.4, -0.2) is 81.7 Å². The Morgan fingerprint density at radius 3 is 2.93 bits per heavy atom. The van der Waals surface area contributed by atoms with Crippen molar-refractivity contribution in [2.45, 2.75) is 56.4 Å². The third-order valence-corrected chi connectivity index (χ3v) is 10.2. The van der Waals surface area contributed by atoms with E-state index in [0.717, 1.165) is 25.8 Å². The Bertz CT molecular complexity index is 1900. The Hall–Kier alpha value is -4.14. The summed E-state index contributed by atoms with van der Waals surface area (Å²) in [4.78, 5) is 18.2. The maximum absolute atomic E-state index is 16.8. The molecule has 4 fully saturated rings. The number of aromatic hydroxyl groups is 1. The van der Waals surface area contributed by atoms with Gasteiger partial charge in [0.1, 0.15) is 41.4 Å². The third-order valence-electron chi connectivity index (χ3n) is 10.2. The van der Waals surface area contributed by atoms with E-state index in [1.54, 1.807) is 0 Å². The topological polar surface area (TPSA) is 83.8 Å². The monoisotopic (exact) mass is 615 g/mol. The van der Waals surface area contributed by atoms with Crippen LogP contribution in [0.3, 0.4) is 0 Å². The normalized spacial score (nSPS) is 27.8. The summed E-state index contributed by atoms with van der Waals surface area (Å²) >= 11 is 0. The predicted molar refractivity (Wildman–Crippen MR) is 163 cm³/mol. The Morgan fingerprint density at radius 1 is 1.22 bits per heavy atom. The molecule has 11 heteroatoms. The molecule has 5 atom stereocenters. The summed E-state index contributed by atoms with van der Waals surface area (Å²) in [5, 5.41) is 11.6. The van der Waals surface area contributed by atoms with Crippen molar-refractivity contribution in [2.24, 2.45) is 5.92 Å². The van der Waals surface area contributed by atoms with Gasteiger partial charge in [0, 0.05) is 36.2 Å². The highest BCUT2D eigenvalue weighted by Gasteiger charge is 2.50. The molecule has 1 N–H and O–H groups in total. The standard InChI is InChI=1S/C34H32F3N5O3/c1-3-23-26(36)6-5-19-9-22(43)11-24(28(19)23)30-29(37)31-25(13-38-30)32(42-21-10-27(42)18(2)15-44-16-21)40-33(39-31)45-17-34-7-4-8-41(34)14-20(35)12-34/h1,5-6,9,11,13,18,20-21,27,43H,4,7-8,10,12,14-17H2,2H3/t18-,20+,21+,27-,34-/m0/s1. The number of halogens is 3. The molecule has 4 aliphatic rings. The second-order valence-electron chi connectivity index (χ2n) is 12.9. The number of phenolic OH excluding ortho intramolecular Hbond substituents is 1. The number of nitrogens with zero attached hydrogens (tertiary/aromatic N) is 5. The van der Waals surface area contributed by atoms with E-state index in [1.165, 1.54) is 30.5 Å². The Kier molecular flexibility index (Phi) is 6.59. The van der Waals surface area contributed by atoms with E-state index in [4.69, 9.17) is 20.9 Å². The zero-order valence-electron chi connectivity index (χ0n) is 24.8. The molecule has 4 aromatic rings. The first-order valence-corrected chi connectivity index (χ1v) is 15.4. The number of phenols is 1. The maximum atomic E-state index is 16.8. The van der Waals surface area contributed by atoms with E-state index in [9.17, 15) is 13.9 Å². The number of ether oxygens (including phenoxy) is 2. The fraction of sp³-hybridized carbons (Fsp3) is 0.441. The average Bonchev–Trinajstić information content (AvgIpc) is 3.39. The number of fused-ring (bicyclic) bond motifs is 5. The fourth-order valence-corrected chi connectivity index (χ4v) is 8.00. The van der Waals surface area contributed by atoms with Crippen LogP contribution < -0.4 is 9.64 Å². The SMILES string of the molecule is C#Cc1c(F)ccc2cc(O)cc(-c3ncc4c(N5[C@H]6COC[C@H](C)[C@@H]5C6)nc(OC[C@@]56CCCN5C[C@H](F)C6)nc4c3F)c12. The number of hydrogen-bond acceptors (Lipinski definition) is 8. The minimum atomic E-state index is -0.923. The lowest BCUT2D eigenvalue weighted by Crippen LogP contribution is -2.59. The molecule has 4 aliphatic heterocycles. The first-order chi connectivity index (χ1) is 21.8. The van der Waals surface area contributed by atoms with Crippen LogP contribution in [-0.2, 0) is 4.74 Å².